The van der Waals surface area contributed by atoms with Gasteiger partial charge in [-0.1, -0.05) is 11.3 Å². The third kappa shape index (κ3) is 3.65. The first-order valence-corrected chi connectivity index (χ1v) is 9.36. The summed E-state index contributed by atoms with van der Waals surface area (Å²) in [4.78, 5) is 22.5. The van der Waals surface area contributed by atoms with Gasteiger partial charge in [0, 0.05) is 13.7 Å². The fourth-order valence-electron chi connectivity index (χ4n) is 2.53. The second-order valence-corrected chi connectivity index (χ2v) is 7.64. The Bertz CT molecular complexity index is 985. The summed E-state index contributed by atoms with van der Waals surface area (Å²) in [6.07, 6.45) is 0. The zero-order valence-corrected chi connectivity index (χ0v) is 16.2. The Balaban J connectivity index is 2.12. The molecule has 0 atom stereocenters. The number of carbonyl (C=O) groups is 1. The molecule has 3 aromatic rings. The molecule has 2 aromatic heterocycles. The number of carbonyl (C=O) groups excluding carboxylic acids is 1. The first kappa shape index (κ1) is 17.8. The second-order valence-electron chi connectivity index (χ2n) is 5.43. The number of nitrogens with zero attached hydrogens (tertiary/aromatic N) is 3. The van der Waals surface area contributed by atoms with Gasteiger partial charge in [0.05, 0.1) is 34.6 Å². The molecule has 1 aromatic carbocycles. The Labute approximate surface area is 153 Å². The molecule has 0 N–H and O–H groups in total. The van der Waals surface area contributed by atoms with Gasteiger partial charge in [0.25, 0.3) is 5.91 Å². The average Bonchev–Trinajstić information content (AvgIpc) is 3.11. The van der Waals surface area contributed by atoms with Gasteiger partial charge in [0.2, 0.25) is 0 Å². The SMILES string of the molecule is COCCn1c(=NC(=O)c2sc(C)nc2C)sc2cc(OC)ccc21. The summed E-state index contributed by atoms with van der Waals surface area (Å²) in [6.45, 7) is 4.88. The molecule has 0 unspecified atom stereocenters. The molecule has 0 spiro atoms. The highest BCUT2D eigenvalue weighted by atomic mass is 32.1. The number of hydrogen-bond acceptors (Lipinski definition) is 6. The summed E-state index contributed by atoms with van der Waals surface area (Å²) in [5.74, 6) is 0.521. The van der Waals surface area contributed by atoms with Crippen molar-refractivity contribution >= 4 is 38.8 Å². The van der Waals surface area contributed by atoms with E-state index in [9.17, 15) is 4.79 Å². The zero-order valence-electron chi connectivity index (χ0n) is 14.5. The molecule has 0 radical (unpaired) electrons. The number of benzene rings is 1. The molecule has 6 nitrogen and oxygen atoms in total. The van der Waals surface area contributed by atoms with Gasteiger partial charge in [-0.2, -0.15) is 4.99 Å². The summed E-state index contributed by atoms with van der Waals surface area (Å²) < 4.78 is 13.5. The lowest BCUT2D eigenvalue weighted by Crippen LogP contribution is -2.19. The van der Waals surface area contributed by atoms with Crippen LogP contribution in [-0.2, 0) is 11.3 Å². The van der Waals surface area contributed by atoms with E-state index in [-0.39, 0.29) is 5.91 Å². The van der Waals surface area contributed by atoms with Crippen LogP contribution >= 0.6 is 22.7 Å². The van der Waals surface area contributed by atoms with Crippen LogP contribution in [0.25, 0.3) is 10.2 Å². The van der Waals surface area contributed by atoms with Crippen molar-refractivity contribution in [3.05, 3.63) is 38.6 Å². The summed E-state index contributed by atoms with van der Waals surface area (Å²) in [6, 6.07) is 5.83. The van der Waals surface area contributed by atoms with Crippen LogP contribution in [0.1, 0.15) is 20.4 Å². The van der Waals surface area contributed by atoms with Crippen molar-refractivity contribution in [2.45, 2.75) is 20.4 Å². The second kappa shape index (κ2) is 7.47. The number of aryl methyl sites for hydroxylation is 2. The number of methoxy groups -OCH3 is 2. The van der Waals surface area contributed by atoms with Crippen LogP contribution < -0.4 is 9.54 Å². The highest BCUT2D eigenvalue weighted by Crippen LogP contribution is 2.24. The minimum atomic E-state index is -0.257. The smallest absolute Gasteiger partial charge is 0.291 e. The van der Waals surface area contributed by atoms with Gasteiger partial charge in [0.1, 0.15) is 10.6 Å². The van der Waals surface area contributed by atoms with Crippen LogP contribution in [-0.4, -0.2) is 36.3 Å². The number of aromatic nitrogens is 2. The van der Waals surface area contributed by atoms with Crippen molar-refractivity contribution in [3.8, 4) is 5.75 Å². The largest absolute Gasteiger partial charge is 0.497 e. The number of amides is 1. The molecule has 0 saturated heterocycles. The van der Waals surface area contributed by atoms with Gasteiger partial charge in [-0.15, -0.1) is 11.3 Å². The maximum atomic E-state index is 12.6. The van der Waals surface area contributed by atoms with E-state index in [1.165, 1.54) is 22.7 Å². The van der Waals surface area contributed by atoms with Gasteiger partial charge >= 0.3 is 0 Å². The molecule has 0 bridgehead atoms. The van der Waals surface area contributed by atoms with Crippen molar-refractivity contribution < 1.29 is 14.3 Å². The van der Waals surface area contributed by atoms with Crippen LogP contribution in [0.5, 0.6) is 5.75 Å². The summed E-state index contributed by atoms with van der Waals surface area (Å²) in [5, 5.41) is 0.865. The van der Waals surface area contributed by atoms with Crippen molar-refractivity contribution in [2.75, 3.05) is 20.8 Å². The van der Waals surface area contributed by atoms with E-state index >= 15 is 0 Å². The van der Waals surface area contributed by atoms with Crippen molar-refractivity contribution in [1.82, 2.24) is 9.55 Å². The van der Waals surface area contributed by atoms with Crippen LogP contribution in [0, 0.1) is 13.8 Å². The van der Waals surface area contributed by atoms with Crippen molar-refractivity contribution in [1.29, 1.82) is 0 Å². The van der Waals surface area contributed by atoms with E-state index in [4.69, 9.17) is 9.47 Å². The molecule has 0 aliphatic rings. The maximum absolute atomic E-state index is 12.6. The van der Waals surface area contributed by atoms with E-state index in [1.54, 1.807) is 14.2 Å². The normalized spacial score (nSPS) is 12.1. The molecule has 0 fully saturated rings. The zero-order chi connectivity index (χ0) is 18.0. The predicted molar refractivity (Wildman–Crippen MR) is 99.7 cm³/mol. The van der Waals surface area contributed by atoms with E-state index in [2.05, 4.69) is 9.98 Å². The van der Waals surface area contributed by atoms with Gasteiger partial charge < -0.3 is 14.0 Å². The van der Waals surface area contributed by atoms with Crippen LogP contribution in [0.3, 0.4) is 0 Å². The van der Waals surface area contributed by atoms with Gasteiger partial charge in [0.15, 0.2) is 4.80 Å². The van der Waals surface area contributed by atoms with Gasteiger partial charge in [-0.3, -0.25) is 4.79 Å². The molecule has 3 rings (SSSR count). The predicted octanol–water partition coefficient (Wildman–Crippen LogP) is 3.17. The molecule has 2 heterocycles. The Hall–Kier alpha value is -2.03. The number of fused-ring (bicyclic) bond motifs is 1. The first-order chi connectivity index (χ1) is 12.0. The summed E-state index contributed by atoms with van der Waals surface area (Å²) in [5.41, 5.74) is 1.73. The third-order valence-electron chi connectivity index (χ3n) is 3.70. The molecular weight excluding hydrogens is 358 g/mol. The molecule has 132 valence electrons. The molecule has 0 aliphatic carbocycles. The molecule has 25 heavy (non-hydrogen) atoms. The molecule has 8 heteroatoms. The van der Waals surface area contributed by atoms with Crippen LogP contribution in [0.2, 0.25) is 0 Å². The lowest BCUT2D eigenvalue weighted by Gasteiger charge is -2.05. The van der Waals surface area contributed by atoms with Gasteiger partial charge in [-0.05, 0) is 32.0 Å². The third-order valence-corrected chi connectivity index (χ3v) is 5.81. The fourth-order valence-corrected chi connectivity index (χ4v) is 4.42. The van der Waals surface area contributed by atoms with E-state index in [0.29, 0.717) is 22.8 Å². The quantitative estimate of drug-likeness (QED) is 0.685. The molecule has 0 saturated carbocycles. The van der Waals surface area contributed by atoms with E-state index in [0.717, 1.165) is 26.7 Å². The average molecular weight is 377 g/mol. The number of rotatable bonds is 5. The van der Waals surface area contributed by atoms with Crippen LogP contribution in [0.4, 0.5) is 0 Å². The van der Waals surface area contributed by atoms with E-state index < -0.39 is 0 Å². The lowest BCUT2D eigenvalue weighted by molar-refractivity contribution is 0.100. The van der Waals surface area contributed by atoms with E-state index in [1.807, 2.05) is 36.6 Å². The van der Waals surface area contributed by atoms with Crippen molar-refractivity contribution in [2.24, 2.45) is 4.99 Å². The topological polar surface area (TPSA) is 65.7 Å². The van der Waals surface area contributed by atoms with Crippen LogP contribution in [0.15, 0.2) is 23.2 Å². The Kier molecular flexibility index (Phi) is 5.31. The lowest BCUT2D eigenvalue weighted by atomic mass is 10.3. The summed E-state index contributed by atoms with van der Waals surface area (Å²) >= 11 is 2.84. The fraction of sp³-hybridized carbons (Fsp3) is 0.353. The monoisotopic (exact) mass is 377 g/mol. The number of hydrogen-bond donors (Lipinski definition) is 0. The highest BCUT2D eigenvalue weighted by Gasteiger charge is 2.15. The summed E-state index contributed by atoms with van der Waals surface area (Å²) in [7, 11) is 3.29. The van der Waals surface area contributed by atoms with Gasteiger partial charge in [-0.25, -0.2) is 4.98 Å². The Morgan fingerprint density at radius 1 is 1.28 bits per heavy atom. The molecule has 1 amide bonds. The minimum absolute atomic E-state index is 0.257. The molecular formula is C17H19N3O3S2. The Morgan fingerprint density at radius 2 is 2.08 bits per heavy atom. The highest BCUT2D eigenvalue weighted by molar-refractivity contribution is 7.16. The molecule has 0 aliphatic heterocycles. The number of thiazole rings is 2. The minimum Gasteiger partial charge on any atom is -0.497 e. The maximum Gasteiger partial charge on any atom is 0.291 e. The van der Waals surface area contributed by atoms with Crippen molar-refractivity contribution in [3.63, 3.8) is 0 Å². The Morgan fingerprint density at radius 3 is 2.72 bits per heavy atom. The first-order valence-electron chi connectivity index (χ1n) is 7.73. The standard InChI is InChI=1S/C17H19N3O3S2/c1-10-15(24-11(2)18-10)16(21)19-17-20(7-8-22-3)13-6-5-12(23-4)9-14(13)25-17/h5-6,9H,7-8H2,1-4H3. The number of ether oxygens (including phenoxy) is 2.